The van der Waals surface area contributed by atoms with Crippen molar-refractivity contribution in [1.82, 2.24) is 49.0 Å². The number of aromatic nitrogens is 10. The average molecular weight is 1430 g/mol. The van der Waals surface area contributed by atoms with Crippen molar-refractivity contribution in [3.05, 3.63) is 328 Å². The Morgan fingerprint density at radius 1 is 0.208 bits per heavy atom. The fourth-order valence-corrected chi connectivity index (χ4v) is 19.7. The van der Waals surface area contributed by atoms with Crippen LogP contribution >= 0.6 is 45.3 Å². The molecule has 14 aromatic carbocycles. The second-order valence-corrected chi connectivity index (χ2v) is 30.2. The van der Waals surface area contributed by atoms with E-state index in [0.29, 0.717) is 34.9 Å². The quantitative estimate of drug-likeness (QED) is 0.133. The average Bonchev–Trinajstić information content (AvgIpc) is 1.57. The molecule has 0 aliphatic rings. The summed E-state index contributed by atoms with van der Waals surface area (Å²) < 4.78 is 11.8. The van der Waals surface area contributed by atoms with Gasteiger partial charge in [0.2, 0.25) is 0 Å². The Kier molecular flexibility index (Phi) is 14.8. The lowest BCUT2D eigenvalue weighted by molar-refractivity contribution is 1.08. The molecule has 8 heterocycles. The fraction of sp³-hybridized carbons (Fsp3) is 0. The predicted molar refractivity (Wildman–Crippen MR) is 444 cm³/mol. The molecular formula is C92H54N10S4. The van der Waals surface area contributed by atoms with Crippen molar-refractivity contribution in [2.45, 2.75) is 0 Å². The number of para-hydroxylation sites is 6. The first-order valence-electron chi connectivity index (χ1n) is 35.0. The van der Waals surface area contributed by atoms with Gasteiger partial charge in [-0.15, -0.1) is 45.3 Å². The molecule has 8 aromatic heterocycles. The molecule has 0 atom stereocenters. The summed E-state index contributed by atoms with van der Waals surface area (Å²) in [6.07, 6.45) is 0. The van der Waals surface area contributed by atoms with Crippen molar-refractivity contribution in [2.75, 3.05) is 0 Å². The van der Waals surface area contributed by atoms with E-state index in [1.807, 2.05) is 48.5 Å². The predicted octanol–water partition coefficient (Wildman–Crippen LogP) is 25.2. The molecule has 0 amide bonds. The number of thiophene rings is 2. The summed E-state index contributed by atoms with van der Waals surface area (Å²) in [4.78, 5) is 41.4. The standard InChI is InChI=1S/2C46H27N5S2/c1-3-14-28(15-4-1)43-48-44(32-20-12-25-37-40(32)30-18-7-9-24-36(30)51(37)29-16-5-2-6-17-29)50-45(49-43)33-21-13-27-39-41(33)31-19-11-22-34(42(31)52-39)46-47-35-23-8-10-26-38(35)53-46;1-3-13-28(14-4-1)43-48-44(29-25-26-32-31-17-7-9-22-37(31)51(38(32)27-29)30-15-5-2-6-16-30)50-45(49-43)34-19-12-24-40-41(34)33-18-11-20-35(42(33)52-40)46-47-36-21-8-10-23-39(36)53-46/h2*1-27H. The van der Waals surface area contributed by atoms with Crippen molar-refractivity contribution >= 4 is 150 Å². The maximum absolute atomic E-state index is 5.35. The number of benzene rings is 14. The van der Waals surface area contributed by atoms with Gasteiger partial charge in [0.25, 0.3) is 0 Å². The van der Waals surface area contributed by atoms with E-state index < -0.39 is 0 Å². The molecule has 14 heteroatoms. The number of fused-ring (bicyclic) bond motifs is 14. The van der Waals surface area contributed by atoms with E-state index in [0.717, 1.165) is 121 Å². The molecule has 22 rings (SSSR count). The molecule has 0 spiro atoms. The maximum Gasteiger partial charge on any atom is 0.164 e. The lowest BCUT2D eigenvalue weighted by Crippen LogP contribution is -2.01. The number of rotatable bonds is 10. The first-order chi connectivity index (χ1) is 52.5. The van der Waals surface area contributed by atoms with Gasteiger partial charge in [0.1, 0.15) is 10.0 Å². The minimum Gasteiger partial charge on any atom is -0.309 e. The van der Waals surface area contributed by atoms with Gasteiger partial charge in [-0.2, -0.15) is 0 Å². The van der Waals surface area contributed by atoms with Crippen LogP contribution in [0.1, 0.15) is 0 Å². The largest absolute Gasteiger partial charge is 0.309 e. The van der Waals surface area contributed by atoms with E-state index in [1.54, 1.807) is 45.3 Å². The van der Waals surface area contributed by atoms with E-state index >= 15 is 0 Å². The Morgan fingerprint density at radius 3 is 1.09 bits per heavy atom. The molecular weight excluding hydrogens is 1370 g/mol. The molecule has 0 radical (unpaired) electrons. The first kappa shape index (κ1) is 61.6. The topological polar surface area (TPSA) is 113 Å². The Bertz CT molecular complexity index is 7110. The van der Waals surface area contributed by atoms with Crippen molar-refractivity contribution in [3.63, 3.8) is 0 Å². The molecule has 0 unspecified atom stereocenters. The summed E-state index contributed by atoms with van der Waals surface area (Å²) in [5.41, 5.74) is 16.8. The summed E-state index contributed by atoms with van der Waals surface area (Å²) >= 11 is 7.07. The van der Waals surface area contributed by atoms with Crippen LogP contribution in [0.3, 0.4) is 0 Å². The van der Waals surface area contributed by atoms with Gasteiger partial charge in [0, 0.05) is 118 Å². The van der Waals surface area contributed by atoms with Crippen LogP contribution in [-0.2, 0) is 0 Å². The van der Waals surface area contributed by atoms with Crippen molar-refractivity contribution in [1.29, 1.82) is 0 Å². The van der Waals surface area contributed by atoms with Gasteiger partial charge < -0.3 is 9.13 Å². The maximum atomic E-state index is 5.35. The molecule has 496 valence electrons. The normalized spacial score (nSPS) is 11.8. The molecule has 0 fully saturated rings. The number of thiazole rings is 2. The summed E-state index contributed by atoms with van der Waals surface area (Å²) in [6.45, 7) is 0. The van der Waals surface area contributed by atoms with Gasteiger partial charge in [-0.3, -0.25) is 0 Å². The summed E-state index contributed by atoms with van der Waals surface area (Å²) in [7, 11) is 0. The van der Waals surface area contributed by atoms with Gasteiger partial charge in [-0.25, -0.2) is 39.9 Å². The Hall–Kier alpha value is -13.1. The Labute approximate surface area is 622 Å². The van der Waals surface area contributed by atoms with Crippen LogP contribution in [-0.4, -0.2) is 49.0 Å². The van der Waals surface area contributed by atoms with E-state index in [1.165, 1.54) is 49.7 Å². The summed E-state index contributed by atoms with van der Waals surface area (Å²) in [6, 6.07) is 114. The van der Waals surface area contributed by atoms with Crippen LogP contribution < -0.4 is 0 Å². The van der Waals surface area contributed by atoms with Crippen LogP contribution in [0.15, 0.2) is 328 Å². The SMILES string of the molecule is c1ccc(-c2nc(-c3ccc4c5ccccc5n(-c5ccccc5)c4c3)nc(-c3cccc4sc5c(-c6nc7ccccc7s6)cccc5c34)n2)cc1.c1ccc(-c2nc(-c3cccc4sc5c(-c6nc7ccccc7s6)cccc5c34)nc(-c3cccc4c3c3ccccc3n4-c3ccccc3)n2)cc1. The van der Waals surface area contributed by atoms with Gasteiger partial charge in [0.05, 0.1) is 42.5 Å². The zero-order valence-corrected chi connectivity index (χ0v) is 59.5. The van der Waals surface area contributed by atoms with Crippen molar-refractivity contribution in [2.24, 2.45) is 0 Å². The van der Waals surface area contributed by atoms with Crippen LogP contribution in [0.2, 0.25) is 0 Å². The van der Waals surface area contributed by atoms with Gasteiger partial charge >= 0.3 is 0 Å². The molecule has 0 bridgehead atoms. The number of nitrogens with zero attached hydrogens (tertiary/aromatic N) is 10. The lowest BCUT2D eigenvalue weighted by atomic mass is 10.0. The van der Waals surface area contributed by atoms with E-state index in [4.69, 9.17) is 39.9 Å². The molecule has 22 aromatic rings. The zero-order valence-electron chi connectivity index (χ0n) is 56.3. The number of hydrogen-bond acceptors (Lipinski definition) is 12. The second kappa shape index (κ2) is 25.4. The third-order valence-electron chi connectivity index (χ3n) is 19.8. The minimum absolute atomic E-state index is 0.632. The minimum atomic E-state index is 0.632. The van der Waals surface area contributed by atoms with Crippen LogP contribution in [0.5, 0.6) is 0 Å². The third kappa shape index (κ3) is 10.4. The lowest BCUT2D eigenvalue weighted by Gasteiger charge is -2.11. The highest BCUT2D eigenvalue weighted by Gasteiger charge is 2.25. The summed E-state index contributed by atoms with van der Waals surface area (Å²) in [5.74, 6) is 3.85. The Balaban J connectivity index is 0.000000136. The zero-order chi connectivity index (χ0) is 69.8. The van der Waals surface area contributed by atoms with Crippen LogP contribution in [0.25, 0.3) is 205 Å². The number of hydrogen-bond donors (Lipinski definition) is 0. The molecule has 0 aliphatic heterocycles. The second-order valence-electron chi connectivity index (χ2n) is 26.1. The molecule has 0 saturated heterocycles. The highest BCUT2D eigenvalue weighted by Crippen LogP contribution is 2.48. The molecule has 0 saturated carbocycles. The van der Waals surface area contributed by atoms with E-state index in [9.17, 15) is 0 Å². The molecule has 0 aliphatic carbocycles. The van der Waals surface area contributed by atoms with E-state index in [-0.39, 0.29) is 0 Å². The van der Waals surface area contributed by atoms with Crippen molar-refractivity contribution < 1.29 is 0 Å². The fourth-order valence-electron chi connectivity index (χ4n) is 15.1. The molecule has 10 nitrogen and oxygen atoms in total. The third-order valence-corrected chi connectivity index (χ3v) is 24.4. The molecule has 0 N–H and O–H groups in total. The van der Waals surface area contributed by atoms with Gasteiger partial charge in [-0.05, 0) is 84.9 Å². The van der Waals surface area contributed by atoms with Gasteiger partial charge in [0.15, 0.2) is 34.9 Å². The monoisotopic (exact) mass is 1430 g/mol. The Morgan fingerprint density at radius 2 is 0.566 bits per heavy atom. The molecule has 106 heavy (non-hydrogen) atoms. The van der Waals surface area contributed by atoms with Crippen LogP contribution in [0, 0.1) is 0 Å². The highest BCUT2D eigenvalue weighted by atomic mass is 32.1. The van der Waals surface area contributed by atoms with Crippen LogP contribution in [0.4, 0.5) is 0 Å². The smallest absolute Gasteiger partial charge is 0.164 e. The summed E-state index contributed by atoms with van der Waals surface area (Å²) in [5, 5.41) is 11.4. The first-order valence-corrected chi connectivity index (χ1v) is 38.2. The van der Waals surface area contributed by atoms with Gasteiger partial charge in [-0.1, -0.05) is 243 Å². The van der Waals surface area contributed by atoms with Crippen molar-refractivity contribution in [3.8, 4) is 101 Å². The van der Waals surface area contributed by atoms with E-state index in [2.05, 4.69) is 288 Å². The highest BCUT2D eigenvalue weighted by molar-refractivity contribution is 7.28.